The van der Waals surface area contributed by atoms with E-state index in [2.05, 4.69) is 10.9 Å². The van der Waals surface area contributed by atoms with Crippen molar-refractivity contribution in [3.63, 3.8) is 0 Å². The van der Waals surface area contributed by atoms with Crippen molar-refractivity contribution in [1.82, 2.24) is 4.57 Å². The monoisotopic (exact) mass is 435 g/mol. The molecule has 0 radical (unpaired) electrons. The fourth-order valence-electron chi connectivity index (χ4n) is 3.32. The van der Waals surface area contributed by atoms with Gasteiger partial charge in [-0.2, -0.15) is 4.99 Å². The smallest absolute Gasteiger partial charge is 0.252 e. The molecule has 3 aromatic carbocycles. The highest BCUT2D eigenvalue weighted by Crippen LogP contribution is 2.22. The summed E-state index contributed by atoms with van der Waals surface area (Å²) in [5, 5.41) is 7.29. The number of hydrogen-bond donors (Lipinski definition) is 1. The van der Waals surface area contributed by atoms with Crippen LogP contribution in [0, 0.1) is 12.3 Å². The highest BCUT2D eigenvalue weighted by Gasteiger charge is 2.13. The number of rotatable bonds is 4. The average molecular weight is 436 g/mol. The first-order valence-corrected chi connectivity index (χ1v) is 11.4. The van der Waals surface area contributed by atoms with Gasteiger partial charge >= 0.3 is 0 Å². The van der Waals surface area contributed by atoms with Gasteiger partial charge in [-0.3, -0.25) is 4.79 Å². The van der Waals surface area contributed by atoms with Gasteiger partial charge in [0.05, 0.1) is 28.1 Å². The number of hydrogen-bond acceptors (Lipinski definition) is 4. The number of fused-ring (bicyclic) bond motifs is 2. The Morgan fingerprint density at radius 2 is 1.90 bits per heavy atom. The zero-order valence-corrected chi connectivity index (χ0v) is 17.4. The quantitative estimate of drug-likeness (QED) is 0.500. The molecule has 6 nitrogen and oxygen atoms in total. The summed E-state index contributed by atoms with van der Waals surface area (Å²) in [7, 11) is -3.84. The summed E-state index contributed by atoms with van der Waals surface area (Å²) in [4.78, 5) is 17.4. The number of benzene rings is 3. The van der Waals surface area contributed by atoms with E-state index in [1.165, 1.54) is 23.5 Å². The van der Waals surface area contributed by atoms with Crippen molar-refractivity contribution in [3.05, 3.63) is 71.0 Å². The first kappa shape index (κ1) is 20.0. The average Bonchev–Trinajstić information content (AvgIpc) is 3.04. The molecule has 1 aromatic heterocycles. The Labute approximate surface area is 177 Å². The lowest BCUT2D eigenvalue weighted by molar-refractivity contribution is -0.117. The van der Waals surface area contributed by atoms with E-state index < -0.39 is 10.0 Å². The molecule has 0 fully saturated rings. The van der Waals surface area contributed by atoms with Crippen LogP contribution in [-0.4, -0.2) is 18.9 Å². The molecule has 0 saturated carbocycles. The van der Waals surface area contributed by atoms with E-state index in [0.717, 1.165) is 16.3 Å². The number of amides is 1. The van der Waals surface area contributed by atoms with Crippen LogP contribution in [0.2, 0.25) is 0 Å². The molecule has 8 heteroatoms. The van der Waals surface area contributed by atoms with E-state index in [9.17, 15) is 13.2 Å². The van der Waals surface area contributed by atoms with Crippen LogP contribution in [-0.2, 0) is 27.8 Å². The number of aromatic nitrogens is 1. The number of thiazole rings is 1. The van der Waals surface area contributed by atoms with E-state index in [-0.39, 0.29) is 23.8 Å². The van der Waals surface area contributed by atoms with Gasteiger partial charge < -0.3 is 4.57 Å². The van der Waals surface area contributed by atoms with E-state index in [4.69, 9.17) is 11.6 Å². The lowest BCUT2D eigenvalue weighted by Crippen LogP contribution is -2.17. The van der Waals surface area contributed by atoms with Gasteiger partial charge in [0.2, 0.25) is 10.0 Å². The van der Waals surface area contributed by atoms with Crippen molar-refractivity contribution in [3.8, 4) is 12.3 Å². The van der Waals surface area contributed by atoms with Gasteiger partial charge in [-0.15, -0.1) is 6.42 Å². The summed E-state index contributed by atoms with van der Waals surface area (Å²) in [6.45, 7) is 0.203. The molecule has 4 rings (SSSR count). The van der Waals surface area contributed by atoms with Crippen molar-refractivity contribution in [1.29, 1.82) is 0 Å². The molecule has 4 aromatic rings. The predicted octanol–water partition coefficient (Wildman–Crippen LogP) is 2.81. The lowest BCUT2D eigenvalue weighted by atomic mass is 10.0. The van der Waals surface area contributed by atoms with Crippen LogP contribution in [0.25, 0.3) is 21.0 Å². The second-order valence-corrected chi connectivity index (χ2v) is 9.24. The topological polar surface area (TPSA) is 94.5 Å². The maximum Gasteiger partial charge on any atom is 0.252 e. The van der Waals surface area contributed by atoms with Gasteiger partial charge in [-0.25, -0.2) is 13.6 Å². The SMILES string of the molecule is C#CCn1c(=NC(=O)Cc2cccc3ccccc23)sc2cc(S(N)(=O)=O)ccc21. The standard InChI is InChI=1S/C22H17N3O3S2/c1-2-12-25-19-11-10-17(30(23,27)28)14-20(19)29-22(25)24-21(26)13-16-8-5-7-15-6-3-4-9-18(15)16/h1,3-11,14H,12-13H2,(H2,23,27,28). The summed E-state index contributed by atoms with van der Waals surface area (Å²) >= 11 is 1.20. The van der Waals surface area contributed by atoms with Crippen molar-refractivity contribution >= 4 is 48.3 Å². The third-order valence-electron chi connectivity index (χ3n) is 4.67. The molecule has 2 N–H and O–H groups in total. The van der Waals surface area contributed by atoms with Crippen molar-refractivity contribution in [2.24, 2.45) is 10.1 Å². The van der Waals surface area contributed by atoms with Gasteiger partial charge in [0, 0.05) is 0 Å². The molecule has 0 aliphatic carbocycles. The highest BCUT2D eigenvalue weighted by atomic mass is 32.2. The molecule has 1 heterocycles. The van der Waals surface area contributed by atoms with Gasteiger partial charge in [0.15, 0.2) is 4.80 Å². The summed E-state index contributed by atoms with van der Waals surface area (Å²) in [6.07, 6.45) is 5.63. The van der Waals surface area contributed by atoms with Crippen molar-refractivity contribution in [2.75, 3.05) is 0 Å². The Kier molecular flexibility index (Phi) is 5.26. The Balaban J connectivity index is 1.78. The van der Waals surface area contributed by atoms with Crippen LogP contribution >= 0.6 is 11.3 Å². The van der Waals surface area contributed by atoms with Crippen LogP contribution in [0.3, 0.4) is 0 Å². The lowest BCUT2D eigenvalue weighted by Gasteiger charge is -2.04. The molecule has 0 bridgehead atoms. The molecule has 0 aliphatic heterocycles. The van der Waals surface area contributed by atoms with Gasteiger partial charge in [-0.1, -0.05) is 59.7 Å². The minimum absolute atomic E-state index is 0.00209. The number of carbonyl (C=O) groups is 1. The fraction of sp³-hybridized carbons (Fsp3) is 0.0909. The predicted molar refractivity (Wildman–Crippen MR) is 118 cm³/mol. The highest BCUT2D eigenvalue weighted by molar-refractivity contribution is 7.89. The number of nitrogens with zero attached hydrogens (tertiary/aromatic N) is 2. The van der Waals surface area contributed by atoms with E-state index in [1.807, 2.05) is 42.5 Å². The van der Waals surface area contributed by atoms with Crippen molar-refractivity contribution < 1.29 is 13.2 Å². The summed E-state index contributed by atoms with van der Waals surface area (Å²) in [5.74, 6) is 2.24. The normalized spacial score (nSPS) is 12.3. The molecular formula is C22H17N3O3S2. The van der Waals surface area contributed by atoms with Gasteiger partial charge in [0.25, 0.3) is 5.91 Å². The molecule has 150 valence electrons. The zero-order chi connectivity index (χ0) is 21.3. The number of primary sulfonamides is 1. The number of carbonyl (C=O) groups excluding carboxylic acids is 1. The third-order valence-corrected chi connectivity index (χ3v) is 6.63. The molecular weight excluding hydrogens is 418 g/mol. The largest absolute Gasteiger partial charge is 0.305 e. The Morgan fingerprint density at radius 3 is 2.67 bits per heavy atom. The Morgan fingerprint density at radius 1 is 1.13 bits per heavy atom. The maximum absolute atomic E-state index is 12.7. The molecule has 0 aliphatic rings. The van der Waals surface area contributed by atoms with Gasteiger partial charge in [0.1, 0.15) is 0 Å². The van der Waals surface area contributed by atoms with E-state index in [1.54, 1.807) is 10.6 Å². The third kappa shape index (κ3) is 3.91. The number of sulfonamides is 1. The van der Waals surface area contributed by atoms with E-state index in [0.29, 0.717) is 15.0 Å². The number of terminal acetylenes is 1. The maximum atomic E-state index is 12.7. The minimum atomic E-state index is -3.84. The molecule has 1 amide bonds. The second kappa shape index (κ2) is 7.88. The van der Waals surface area contributed by atoms with Gasteiger partial charge in [-0.05, 0) is 34.5 Å². The summed E-state index contributed by atoms with van der Waals surface area (Å²) in [5.41, 5.74) is 1.59. The summed E-state index contributed by atoms with van der Waals surface area (Å²) < 4.78 is 25.6. The first-order valence-electron chi connectivity index (χ1n) is 9.00. The molecule has 30 heavy (non-hydrogen) atoms. The van der Waals surface area contributed by atoms with Crippen LogP contribution in [0.4, 0.5) is 0 Å². The van der Waals surface area contributed by atoms with Crippen LogP contribution in [0.5, 0.6) is 0 Å². The summed E-state index contributed by atoms with van der Waals surface area (Å²) in [6, 6.07) is 18.2. The molecule has 0 spiro atoms. The zero-order valence-electron chi connectivity index (χ0n) is 15.8. The Bertz CT molecular complexity index is 1500. The van der Waals surface area contributed by atoms with Crippen molar-refractivity contribution in [2.45, 2.75) is 17.9 Å². The molecule has 0 atom stereocenters. The van der Waals surface area contributed by atoms with Crippen LogP contribution in [0.15, 0.2) is 70.6 Å². The second-order valence-electron chi connectivity index (χ2n) is 6.67. The molecule has 0 unspecified atom stereocenters. The minimum Gasteiger partial charge on any atom is -0.305 e. The van der Waals surface area contributed by atoms with E-state index >= 15 is 0 Å². The van der Waals surface area contributed by atoms with Crippen LogP contribution < -0.4 is 9.94 Å². The number of nitrogens with two attached hydrogens (primary N) is 1. The fourth-order valence-corrected chi connectivity index (χ4v) is 5.02. The molecule has 0 saturated heterocycles. The van der Waals surface area contributed by atoms with Crippen LogP contribution in [0.1, 0.15) is 5.56 Å². The Hall–Kier alpha value is -3.25. The first-order chi connectivity index (χ1) is 14.4.